The average molecular weight is 239 g/mol. The number of nitrogens with one attached hydrogen (secondary N) is 1. The predicted molar refractivity (Wildman–Crippen MR) is 69.2 cm³/mol. The topological polar surface area (TPSA) is 51.0 Å². The maximum absolute atomic E-state index is 5.38. The summed E-state index contributed by atoms with van der Waals surface area (Å²) in [5.74, 6) is 1.77. The molecule has 4 nitrogen and oxygen atoms in total. The summed E-state index contributed by atoms with van der Waals surface area (Å²) in [5, 5.41) is 7.52. The first-order valence-corrected chi connectivity index (χ1v) is 6.47. The second kappa shape index (κ2) is 5.63. The summed E-state index contributed by atoms with van der Waals surface area (Å²) < 4.78 is 5.38. The van der Waals surface area contributed by atoms with Crippen LogP contribution in [0.1, 0.15) is 65.6 Å². The Hall–Kier alpha value is -0.900. The molecule has 0 aliphatic carbocycles. The van der Waals surface area contributed by atoms with Crippen molar-refractivity contribution < 1.29 is 4.52 Å². The molecule has 2 unspecified atom stereocenters. The molecule has 0 saturated carbocycles. The average Bonchev–Trinajstić information content (AvgIpc) is 2.73. The van der Waals surface area contributed by atoms with E-state index >= 15 is 0 Å². The first kappa shape index (κ1) is 14.2. The monoisotopic (exact) mass is 239 g/mol. The molecule has 0 bridgehead atoms. The van der Waals surface area contributed by atoms with Crippen molar-refractivity contribution in [3.63, 3.8) is 0 Å². The largest absolute Gasteiger partial charge is 0.339 e. The standard InChI is InChI=1S/C13H25N3O/c1-7-10(14-8-2)9(3)11-15-12(16-17-11)13(4,5)6/h9-10,14H,7-8H2,1-6H3. The van der Waals surface area contributed by atoms with Crippen molar-refractivity contribution in [2.45, 2.75) is 65.3 Å². The molecule has 0 fully saturated rings. The summed E-state index contributed by atoms with van der Waals surface area (Å²) >= 11 is 0. The number of likely N-dealkylation sites (N-methyl/N-ethyl adjacent to an activating group) is 1. The van der Waals surface area contributed by atoms with E-state index < -0.39 is 0 Å². The van der Waals surface area contributed by atoms with Crippen molar-refractivity contribution in [1.82, 2.24) is 15.5 Å². The molecule has 1 heterocycles. The Morgan fingerprint density at radius 2 is 1.94 bits per heavy atom. The van der Waals surface area contributed by atoms with Gasteiger partial charge >= 0.3 is 0 Å². The highest BCUT2D eigenvalue weighted by atomic mass is 16.5. The maximum Gasteiger partial charge on any atom is 0.231 e. The van der Waals surface area contributed by atoms with E-state index in [0.29, 0.717) is 6.04 Å². The van der Waals surface area contributed by atoms with Gasteiger partial charge in [-0.2, -0.15) is 4.98 Å². The van der Waals surface area contributed by atoms with Gasteiger partial charge in [0.15, 0.2) is 5.82 Å². The van der Waals surface area contributed by atoms with Crippen LogP contribution >= 0.6 is 0 Å². The normalized spacial score (nSPS) is 15.9. The zero-order chi connectivity index (χ0) is 13.1. The third kappa shape index (κ3) is 3.53. The Bertz CT molecular complexity index is 341. The number of nitrogens with zero attached hydrogens (tertiary/aromatic N) is 2. The second-order valence-corrected chi connectivity index (χ2v) is 5.57. The van der Waals surface area contributed by atoms with E-state index in [1.165, 1.54) is 0 Å². The summed E-state index contributed by atoms with van der Waals surface area (Å²) in [5.41, 5.74) is -0.0542. The smallest absolute Gasteiger partial charge is 0.231 e. The van der Waals surface area contributed by atoms with Crippen LogP contribution in [0, 0.1) is 0 Å². The van der Waals surface area contributed by atoms with Crippen LogP contribution in [0.4, 0.5) is 0 Å². The quantitative estimate of drug-likeness (QED) is 0.858. The Morgan fingerprint density at radius 1 is 1.29 bits per heavy atom. The van der Waals surface area contributed by atoms with Gasteiger partial charge in [0.2, 0.25) is 5.89 Å². The maximum atomic E-state index is 5.38. The Morgan fingerprint density at radius 3 is 2.35 bits per heavy atom. The highest BCUT2D eigenvalue weighted by Gasteiger charge is 2.26. The fraction of sp³-hybridized carbons (Fsp3) is 0.846. The van der Waals surface area contributed by atoms with E-state index in [-0.39, 0.29) is 11.3 Å². The van der Waals surface area contributed by atoms with Gasteiger partial charge in [0, 0.05) is 11.5 Å². The number of rotatable bonds is 5. The lowest BCUT2D eigenvalue weighted by Gasteiger charge is -2.20. The lowest BCUT2D eigenvalue weighted by Crippen LogP contribution is -2.33. The Balaban J connectivity index is 2.82. The van der Waals surface area contributed by atoms with Crippen molar-refractivity contribution in [1.29, 1.82) is 0 Å². The predicted octanol–water partition coefficient (Wildman–Crippen LogP) is 2.86. The third-order valence-corrected chi connectivity index (χ3v) is 3.01. The van der Waals surface area contributed by atoms with Crippen molar-refractivity contribution >= 4 is 0 Å². The lowest BCUT2D eigenvalue weighted by atomic mass is 9.95. The Kier molecular flexibility index (Phi) is 4.69. The van der Waals surface area contributed by atoms with Crippen molar-refractivity contribution in [3.8, 4) is 0 Å². The van der Waals surface area contributed by atoms with E-state index in [1.54, 1.807) is 0 Å². The fourth-order valence-electron chi connectivity index (χ4n) is 1.83. The molecule has 0 saturated heterocycles. The van der Waals surface area contributed by atoms with E-state index in [0.717, 1.165) is 24.7 Å². The molecule has 0 radical (unpaired) electrons. The highest BCUT2D eigenvalue weighted by Crippen LogP contribution is 2.24. The van der Waals surface area contributed by atoms with Gasteiger partial charge in [-0.1, -0.05) is 46.7 Å². The van der Waals surface area contributed by atoms with E-state index in [4.69, 9.17) is 4.52 Å². The molecular weight excluding hydrogens is 214 g/mol. The molecule has 1 aromatic heterocycles. The lowest BCUT2D eigenvalue weighted by molar-refractivity contribution is 0.316. The van der Waals surface area contributed by atoms with Gasteiger partial charge in [-0.25, -0.2) is 0 Å². The van der Waals surface area contributed by atoms with E-state index in [2.05, 4.69) is 57.0 Å². The van der Waals surface area contributed by atoms with Crippen LogP contribution in [0.15, 0.2) is 4.52 Å². The first-order valence-electron chi connectivity index (χ1n) is 6.47. The molecule has 0 amide bonds. The number of hydrogen-bond donors (Lipinski definition) is 1. The number of hydrogen-bond acceptors (Lipinski definition) is 4. The first-order chi connectivity index (χ1) is 7.90. The molecule has 0 aromatic carbocycles. The van der Waals surface area contributed by atoms with Gasteiger partial charge in [0.25, 0.3) is 0 Å². The number of aromatic nitrogens is 2. The van der Waals surface area contributed by atoms with Crippen LogP contribution in [0.3, 0.4) is 0 Å². The molecule has 1 aromatic rings. The van der Waals surface area contributed by atoms with Crippen LogP contribution in [0.2, 0.25) is 0 Å². The summed E-state index contributed by atoms with van der Waals surface area (Å²) in [6, 6.07) is 0.397. The zero-order valence-electron chi connectivity index (χ0n) is 11.9. The van der Waals surface area contributed by atoms with Gasteiger partial charge in [-0.05, 0) is 13.0 Å². The molecule has 0 aliphatic heterocycles. The molecule has 1 N–H and O–H groups in total. The van der Waals surface area contributed by atoms with E-state index in [9.17, 15) is 0 Å². The molecule has 2 atom stereocenters. The second-order valence-electron chi connectivity index (χ2n) is 5.57. The molecule has 0 aliphatic rings. The van der Waals surface area contributed by atoms with Gasteiger partial charge in [-0.15, -0.1) is 0 Å². The molecule has 4 heteroatoms. The van der Waals surface area contributed by atoms with Crippen molar-refractivity contribution in [2.75, 3.05) is 6.54 Å². The van der Waals surface area contributed by atoms with Crippen LogP contribution in [-0.2, 0) is 5.41 Å². The summed E-state index contributed by atoms with van der Waals surface area (Å²) in [7, 11) is 0. The molecule has 17 heavy (non-hydrogen) atoms. The van der Waals surface area contributed by atoms with Crippen LogP contribution < -0.4 is 5.32 Å². The van der Waals surface area contributed by atoms with Crippen LogP contribution in [0.25, 0.3) is 0 Å². The van der Waals surface area contributed by atoms with Crippen molar-refractivity contribution in [2.24, 2.45) is 0 Å². The van der Waals surface area contributed by atoms with Gasteiger partial charge in [0.1, 0.15) is 0 Å². The molecule has 0 spiro atoms. The fourth-order valence-corrected chi connectivity index (χ4v) is 1.83. The zero-order valence-corrected chi connectivity index (χ0v) is 11.9. The summed E-state index contributed by atoms with van der Waals surface area (Å²) in [6.45, 7) is 13.7. The molecule has 98 valence electrons. The van der Waals surface area contributed by atoms with Gasteiger partial charge < -0.3 is 9.84 Å². The van der Waals surface area contributed by atoms with Crippen LogP contribution in [0.5, 0.6) is 0 Å². The summed E-state index contributed by atoms with van der Waals surface area (Å²) in [6.07, 6.45) is 1.06. The molecular formula is C13H25N3O. The third-order valence-electron chi connectivity index (χ3n) is 3.01. The summed E-state index contributed by atoms with van der Waals surface area (Å²) in [4.78, 5) is 4.51. The minimum absolute atomic E-state index is 0.0542. The van der Waals surface area contributed by atoms with Gasteiger partial charge in [0.05, 0.1) is 5.92 Å². The minimum Gasteiger partial charge on any atom is -0.339 e. The van der Waals surface area contributed by atoms with Gasteiger partial charge in [-0.3, -0.25) is 0 Å². The van der Waals surface area contributed by atoms with Crippen LogP contribution in [-0.4, -0.2) is 22.7 Å². The van der Waals surface area contributed by atoms with Crippen molar-refractivity contribution in [3.05, 3.63) is 11.7 Å². The molecule has 1 rings (SSSR count). The minimum atomic E-state index is -0.0542. The Labute approximate surface area is 104 Å². The SMILES string of the molecule is CCNC(CC)C(C)c1nc(C(C)(C)C)no1. The highest BCUT2D eigenvalue weighted by molar-refractivity contribution is 5.03. The van der Waals surface area contributed by atoms with E-state index in [1.807, 2.05) is 0 Å².